The normalized spacial score (nSPS) is 19.5. The molecule has 0 saturated carbocycles. The van der Waals surface area contributed by atoms with E-state index in [0.29, 0.717) is 4.31 Å². The molecule has 2 rings (SSSR count). The van der Waals surface area contributed by atoms with Crippen molar-refractivity contribution in [3.63, 3.8) is 0 Å². The summed E-state index contributed by atoms with van der Waals surface area (Å²) in [7, 11) is -4.13. The largest absolute Gasteiger partial charge is 0.458 e. The fourth-order valence-corrected chi connectivity index (χ4v) is 4.86. The van der Waals surface area contributed by atoms with Crippen LogP contribution in [0.15, 0.2) is 30.3 Å². The van der Waals surface area contributed by atoms with E-state index in [1.807, 2.05) is 6.07 Å². The number of alkyl carbamates (subject to hydrolysis) is 1. The van der Waals surface area contributed by atoms with Gasteiger partial charge in [-0.05, 0) is 32.3 Å². The van der Waals surface area contributed by atoms with E-state index in [-0.39, 0.29) is 6.61 Å². The average Bonchev–Trinajstić information content (AvgIpc) is 2.82. The summed E-state index contributed by atoms with van der Waals surface area (Å²) in [6, 6.07) is 6.23. The molecule has 2 unspecified atom stereocenters. The molecule has 10 heteroatoms. The number of nitrogens with zero attached hydrogens (tertiary/aromatic N) is 1. The van der Waals surface area contributed by atoms with Gasteiger partial charge >= 0.3 is 12.1 Å². The van der Waals surface area contributed by atoms with E-state index in [0.717, 1.165) is 5.56 Å². The van der Waals surface area contributed by atoms with Crippen LogP contribution in [0, 0.1) is 5.92 Å². The summed E-state index contributed by atoms with van der Waals surface area (Å²) in [5.74, 6) is -2.89. The Bertz CT molecular complexity index is 891. The Labute approximate surface area is 176 Å². The monoisotopic (exact) mass is 440 g/mol. The summed E-state index contributed by atoms with van der Waals surface area (Å²) in [6.07, 6.45) is -0.924. The Kier molecular flexibility index (Phi) is 7.12. The average molecular weight is 441 g/mol. The first-order valence-electron chi connectivity index (χ1n) is 9.58. The smallest absolute Gasteiger partial charge is 0.408 e. The molecule has 2 amide bonds. The zero-order chi connectivity index (χ0) is 22.7. The summed E-state index contributed by atoms with van der Waals surface area (Å²) in [5, 5.41) is 2.28. The molecular weight excluding hydrogens is 412 g/mol. The molecule has 1 fully saturated rings. The second-order valence-electron chi connectivity index (χ2n) is 8.39. The van der Waals surface area contributed by atoms with Gasteiger partial charge in [0.2, 0.25) is 10.0 Å². The third-order valence-corrected chi connectivity index (χ3v) is 5.99. The first kappa shape index (κ1) is 23.7. The minimum atomic E-state index is -4.13. The Morgan fingerprint density at radius 2 is 1.80 bits per heavy atom. The number of hydrogen-bond acceptors (Lipinski definition) is 7. The van der Waals surface area contributed by atoms with E-state index in [9.17, 15) is 22.8 Å². The van der Waals surface area contributed by atoms with Crippen molar-refractivity contribution in [2.45, 2.75) is 58.9 Å². The minimum absolute atomic E-state index is 0.0312. The van der Waals surface area contributed by atoms with Crippen molar-refractivity contribution < 1.29 is 32.3 Å². The van der Waals surface area contributed by atoms with Gasteiger partial charge in [-0.15, -0.1) is 0 Å². The maximum Gasteiger partial charge on any atom is 0.408 e. The van der Waals surface area contributed by atoms with E-state index >= 15 is 0 Å². The highest BCUT2D eigenvalue weighted by Crippen LogP contribution is 2.26. The highest BCUT2D eigenvalue weighted by atomic mass is 32.2. The van der Waals surface area contributed by atoms with Gasteiger partial charge in [-0.2, -0.15) is 0 Å². The van der Waals surface area contributed by atoms with Gasteiger partial charge in [-0.3, -0.25) is 4.79 Å². The highest BCUT2D eigenvalue weighted by molar-refractivity contribution is 7.90. The van der Waals surface area contributed by atoms with Gasteiger partial charge in [0.05, 0.1) is 5.75 Å². The second-order valence-corrected chi connectivity index (χ2v) is 10.3. The maximum absolute atomic E-state index is 12.8. The molecule has 166 valence electrons. The number of hydrogen-bond donors (Lipinski definition) is 1. The molecule has 0 spiro atoms. The van der Waals surface area contributed by atoms with Crippen molar-refractivity contribution >= 4 is 28.0 Å². The molecular formula is C20H28N2O7S. The molecule has 1 N–H and O–H groups in total. The van der Waals surface area contributed by atoms with E-state index < -0.39 is 57.3 Å². The van der Waals surface area contributed by atoms with E-state index in [2.05, 4.69) is 5.32 Å². The summed E-state index contributed by atoms with van der Waals surface area (Å²) in [6.45, 7) is 8.15. The predicted molar refractivity (Wildman–Crippen MR) is 109 cm³/mol. The fourth-order valence-electron chi connectivity index (χ4n) is 2.97. The summed E-state index contributed by atoms with van der Waals surface area (Å²) in [5.41, 5.74) is -0.111. The van der Waals surface area contributed by atoms with Crippen LogP contribution in [0.25, 0.3) is 0 Å². The zero-order valence-corrected chi connectivity index (χ0v) is 18.6. The van der Waals surface area contributed by atoms with Crippen LogP contribution in [0.4, 0.5) is 4.79 Å². The van der Waals surface area contributed by atoms with Gasteiger partial charge in [0.1, 0.15) is 24.3 Å². The van der Waals surface area contributed by atoms with Gasteiger partial charge < -0.3 is 14.8 Å². The molecule has 0 aliphatic carbocycles. The number of sulfonamides is 1. The highest BCUT2D eigenvalue weighted by Gasteiger charge is 2.51. The molecule has 0 aromatic heterocycles. The number of nitrogens with one attached hydrogen (secondary N) is 1. The molecule has 0 bridgehead atoms. The third kappa shape index (κ3) is 5.94. The first-order valence-corrected chi connectivity index (χ1v) is 11.2. The third-order valence-electron chi connectivity index (χ3n) is 4.23. The Morgan fingerprint density at radius 1 is 1.20 bits per heavy atom. The minimum Gasteiger partial charge on any atom is -0.458 e. The quantitative estimate of drug-likeness (QED) is 0.670. The van der Waals surface area contributed by atoms with E-state index in [1.165, 1.54) is 0 Å². The molecule has 1 aliphatic heterocycles. The van der Waals surface area contributed by atoms with Crippen molar-refractivity contribution in [1.29, 1.82) is 0 Å². The Balaban J connectivity index is 2.12. The van der Waals surface area contributed by atoms with E-state index in [4.69, 9.17) is 9.47 Å². The van der Waals surface area contributed by atoms with E-state index in [1.54, 1.807) is 58.9 Å². The summed E-state index contributed by atoms with van der Waals surface area (Å²) >= 11 is 0. The molecule has 2 atom stereocenters. The Morgan fingerprint density at radius 3 is 2.33 bits per heavy atom. The van der Waals surface area contributed by atoms with Crippen LogP contribution in [0.5, 0.6) is 0 Å². The van der Waals surface area contributed by atoms with Crippen molar-refractivity contribution in [2.24, 2.45) is 5.92 Å². The second kappa shape index (κ2) is 9.03. The maximum atomic E-state index is 12.8. The topological polar surface area (TPSA) is 119 Å². The van der Waals surface area contributed by atoms with Gasteiger partial charge in [0.15, 0.2) is 0 Å². The predicted octanol–water partition coefficient (Wildman–Crippen LogP) is 1.82. The molecule has 1 heterocycles. The number of carbonyl (C=O) groups excluding carboxylic acids is 3. The van der Waals surface area contributed by atoms with Crippen LogP contribution in [0.1, 0.15) is 40.2 Å². The van der Waals surface area contributed by atoms with Gasteiger partial charge in [0.25, 0.3) is 5.91 Å². The molecule has 1 aliphatic rings. The standard InChI is InChI=1S/C20H28N2O7S/c1-13(2)16(18(24)29-20(3,4)5)22-17(23)15(12-30(22,26)27)21-19(25)28-11-14-9-7-6-8-10-14/h6-10,13,15-16H,11-12H2,1-5H3,(H,21,25). The number of ether oxygens (including phenoxy) is 2. The lowest BCUT2D eigenvalue weighted by atomic mass is 10.0. The molecule has 30 heavy (non-hydrogen) atoms. The lowest BCUT2D eigenvalue weighted by molar-refractivity contribution is -0.163. The van der Waals surface area contributed by atoms with Gasteiger partial charge in [-0.25, -0.2) is 22.3 Å². The number of carbonyl (C=O) groups is 3. The zero-order valence-electron chi connectivity index (χ0n) is 17.7. The first-order chi connectivity index (χ1) is 13.8. The summed E-state index contributed by atoms with van der Waals surface area (Å²) in [4.78, 5) is 37.5. The van der Waals surface area contributed by atoms with Crippen molar-refractivity contribution in [3.05, 3.63) is 35.9 Å². The van der Waals surface area contributed by atoms with Crippen molar-refractivity contribution in [1.82, 2.24) is 9.62 Å². The van der Waals surface area contributed by atoms with Crippen LogP contribution in [-0.4, -0.2) is 54.1 Å². The van der Waals surface area contributed by atoms with Crippen molar-refractivity contribution in [3.8, 4) is 0 Å². The van der Waals surface area contributed by atoms with Crippen LogP contribution in [-0.2, 0) is 35.7 Å². The molecule has 1 saturated heterocycles. The Hall–Kier alpha value is -2.62. The lowest BCUT2D eigenvalue weighted by Gasteiger charge is -2.31. The fraction of sp³-hybridized carbons (Fsp3) is 0.550. The van der Waals surface area contributed by atoms with Gasteiger partial charge in [-0.1, -0.05) is 44.2 Å². The SMILES string of the molecule is CC(C)C(C(=O)OC(C)(C)C)N1C(=O)C(NC(=O)OCc2ccccc2)CS1(=O)=O. The number of benzene rings is 1. The number of rotatable bonds is 6. The van der Waals surface area contributed by atoms with Crippen LogP contribution in [0.2, 0.25) is 0 Å². The lowest BCUT2D eigenvalue weighted by Crippen LogP contribution is -2.52. The van der Waals surface area contributed by atoms with Crippen LogP contribution < -0.4 is 5.32 Å². The molecule has 1 aromatic carbocycles. The molecule has 9 nitrogen and oxygen atoms in total. The molecule has 1 aromatic rings. The van der Waals surface area contributed by atoms with Crippen LogP contribution in [0.3, 0.4) is 0 Å². The molecule has 0 radical (unpaired) electrons. The number of esters is 1. The summed E-state index contributed by atoms with van der Waals surface area (Å²) < 4.78 is 36.2. The van der Waals surface area contributed by atoms with Gasteiger partial charge in [0, 0.05) is 0 Å². The van der Waals surface area contributed by atoms with Crippen LogP contribution >= 0.6 is 0 Å². The number of amides is 2. The van der Waals surface area contributed by atoms with Crippen molar-refractivity contribution in [2.75, 3.05) is 5.75 Å².